The third-order valence-electron chi connectivity index (χ3n) is 3.93. The Morgan fingerprint density at radius 3 is 2.48 bits per heavy atom. The summed E-state index contributed by atoms with van der Waals surface area (Å²) < 4.78 is 5.30. The van der Waals surface area contributed by atoms with Gasteiger partial charge in [-0.25, -0.2) is 4.79 Å². The minimum atomic E-state index is -0.439. The summed E-state index contributed by atoms with van der Waals surface area (Å²) in [4.78, 5) is 16.3. The van der Waals surface area contributed by atoms with E-state index in [1.807, 2.05) is 39.0 Å². The van der Waals surface area contributed by atoms with Crippen LogP contribution in [0.5, 0.6) is 0 Å². The van der Waals surface area contributed by atoms with Crippen LogP contribution in [0.1, 0.15) is 52.0 Å². The molecule has 0 saturated heterocycles. The lowest BCUT2D eigenvalue weighted by Gasteiger charge is -2.28. The molecule has 1 aliphatic rings. The second kappa shape index (κ2) is 8.14. The molecule has 0 bridgehead atoms. The first-order valence-electron chi connectivity index (χ1n) is 8.46. The van der Waals surface area contributed by atoms with Gasteiger partial charge in [0.25, 0.3) is 0 Å². The number of amides is 1. The average Bonchev–Trinajstić information content (AvgIpc) is 2.48. The van der Waals surface area contributed by atoms with Gasteiger partial charge in [-0.2, -0.15) is 0 Å². The summed E-state index contributed by atoms with van der Waals surface area (Å²) in [7, 11) is 0. The monoisotopic (exact) mass is 316 g/mol. The molecule has 2 rings (SSSR count). The Labute approximate surface area is 139 Å². The summed E-state index contributed by atoms with van der Waals surface area (Å²) in [6.07, 6.45) is 5.90. The number of carbonyl (C=O) groups is 1. The number of carbonyl (C=O) groups excluding carboxylic acids is 1. The fraction of sp³-hybridized carbons (Fsp3) is 0.579. The number of ether oxygens (including phenoxy) is 1. The Balaban J connectivity index is 1.68. The Morgan fingerprint density at radius 1 is 1.22 bits per heavy atom. The van der Waals surface area contributed by atoms with Crippen LogP contribution in [0, 0.1) is 5.92 Å². The van der Waals surface area contributed by atoms with Gasteiger partial charge in [0.05, 0.1) is 6.54 Å². The first-order chi connectivity index (χ1) is 10.9. The van der Waals surface area contributed by atoms with Gasteiger partial charge in [0.1, 0.15) is 5.60 Å². The first kappa shape index (κ1) is 17.5. The number of nitrogens with zero attached hydrogens (tertiary/aromatic N) is 1. The quantitative estimate of drug-likeness (QED) is 0.840. The average molecular weight is 316 g/mol. The first-order valence-corrected chi connectivity index (χ1v) is 8.46. The zero-order chi connectivity index (χ0) is 16.7. The van der Waals surface area contributed by atoms with Crippen molar-refractivity contribution in [2.75, 3.05) is 0 Å². The van der Waals surface area contributed by atoms with Crippen molar-refractivity contribution in [2.24, 2.45) is 10.9 Å². The largest absolute Gasteiger partial charge is 0.444 e. The van der Waals surface area contributed by atoms with E-state index < -0.39 is 5.60 Å². The standard InChI is InChI=1S/C19H28N2O2/c1-19(2,3)23-18(22)21-17-11-9-16(10-12-17)14-20-13-15-7-5-4-6-8-15/h4-8,14,16-17H,9-13H2,1-3H3,(H,21,22)/b20-14+. The van der Waals surface area contributed by atoms with E-state index in [1.54, 1.807) is 0 Å². The van der Waals surface area contributed by atoms with Gasteiger partial charge in [0.15, 0.2) is 0 Å². The van der Waals surface area contributed by atoms with Gasteiger partial charge in [-0.05, 0) is 57.9 Å². The third kappa shape index (κ3) is 6.85. The molecule has 1 N–H and O–H groups in total. The van der Waals surface area contributed by atoms with E-state index in [-0.39, 0.29) is 12.1 Å². The van der Waals surface area contributed by atoms with Crippen LogP contribution in [-0.2, 0) is 11.3 Å². The summed E-state index contributed by atoms with van der Waals surface area (Å²) in [5.41, 5.74) is 0.801. The molecule has 0 heterocycles. The normalized spacial score (nSPS) is 22.0. The van der Waals surface area contributed by atoms with Crippen LogP contribution in [0.25, 0.3) is 0 Å². The SMILES string of the molecule is CC(C)(C)OC(=O)NC1CCC(/C=N/Cc2ccccc2)CC1. The Hall–Kier alpha value is -1.84. The maximum Gasteiger partial charge on any atom is 0.407 e. The minimum Gasteiger partial charge on any atom is -0.444 e. The Bertz CT molecular complexity index is 512. The zero-order valence-electron chi connectivity index (χ0n) is 14.4. The van der Waals surface area contributed by atoms with E-state index in [9.17, 15) is 4.79 Å². The smallest absolute Gasteiger partial charge is 0.407 e. The number of hydrogen-bond acceptors (Lipinski definition) is 3. The number of benzene rings is 1. The van der Waals surface area contributed by atoms with Crippen molar-refractivity contribution in [3.63, 3.8) is 0 Å². The van der Waals surface area contributed by atoms with Crippen molar-refractivity contribution >= 4 is 12.3 Å². The van der Waals surface area contributed by atoms with Crippen molar-refractivity contribution in [3.8, 4) is 0 Å². The molecule has 0 radical (unpaired) electrons. The fourth-order valence-electron chi connectivity index (χ4n) is 2.78. The number of hydrogen-bond donors (Lipinski definition) is 1. The van der Waals surface area contributed by atoms with Crippen LogP contribution in [0.15, 0.2) is 35.3 Å². The molecular formula is C19H28N2O2. The lowest BCUT2D eigenvalue weighted by molar-refractivity contribution is 0.0491. The molecule has 1 aromatic carbocycles. The molecule has 4 heteroatoms. The highest BCUT2D eigenvalue weighted by molar-refractivity contribution is 5.68. The van der Waals surface area contributed by atoms with E-state index in [0.29, 0.717) is 5.92 Å². The predicted molar refractivity (Wildman–Crippen MR) is 93.8 cm³/mol. The zero-order valence-corrected chi connectivity index (χ0v) is 14.4. The molecule has 23 heavy (non-hydrogen) atoms. The van der Waals surface area contributed by atoms with Gasteiger partial charge in [-0.1, -0.05) is 30.3 Å². The number of nitrogens with one attached hydrogen (secondary N) is 1. The van der Waals surface area contributed by atoms with Gasteiger partial charge in [-0.15, -0.1) is 0 Å². The summed E-state index contributed by atoms with van der Waals surface area (Å²) in [6, 6.07) is 10.5. The van der Waals surface area contributed by atoms with E-state index in [0.717, 1.165) is 32.2 Å². The van der Waals surface area contributed by atoms with Crippen molar-refractivity contribution in [3.05, 3.63) is 35.9 Å². The lowest BCUT2D eigenvalue weighted by atomic mass is 9.87. The van der Waals surface area contributed by atoms with Gasteiger partial charge < -0.3 is 10.1 Å². The molecule has 0 aromatic heterocycles. The van der Waals surface area contributed by atoms with Crippen molar-refractivity contribution < 1.29 is 9.53 Å². The van der Waals surface area contributed by atoms with E-state index in [4.69, 9.17) is 4.74 Å². The van der Waals surface area contributed by atoms with Gasteiger partial charge in [0.2, 0.25) is 0 Å². The molecule has 0 aliphatic heterocycles. The predicted octanol–water partition coefficient (Wildman–Crippen LogP) is 4.34. The van der Waals surface area contributed by atoms with Crippen LogP contribution >= 0.6 is 0 Å². The number of alkyl carbamates (subject to hydrolysis) is 1. The van der Waals surface area contributed by atoms with E-state index in [1.165, 1.54) is 5.56 Å². The highest BCUT2D eigenvalue weighted by atomic mass is 16.6. The summed E-state index contributed by atoms with van der Waals surface area (Å²) in [6.45, 7) is 6.39. The molecule has 4 nitrogen and oxygen atoms in total. The van der Waals surface area contributed by atoms with Crippen LogP contribution in [0.2, 0.25) is 0 Å². The molecule has 1 fully saturated rings. The van der Waals surface area contributed by atoms with E-state index >= 15 is 0 Å². The van der Waals surface area contributed by atoms with Gasteiger partial charge in [-0.3, -0.25) is 4.99 Å². The second-order valence-corrected chi connectivity index (χ2v) is 7.23. The number of aliphatic imine (C=N–C) groups is 1. The van der Waals surface area contributed by atoms with Crippen LogP contribution in [0.3, 0.4) is 0 Å². The lowest BCUT2D eigenvalue weighted by Crippen LogP contribution is -2.41. The maximum atomic E-state index is 11.8. The van der Waals surface area contributed by atoms with Crippen molar-refractivity contribution in [1.29, 1.82) is 0 Å². The van der Waals surface area contributed by atoms with Crippen molar-refractivity contribution in [1.82, 2.24) is 5.32 Å². The highest BCUT2D eigenvalue weighted by Crippen LogP contribution is 2.23. The molecular weight excluding hydrogens is 288 g/mol. The van der Waals surface area contributed by atoms with Crippen LogP contribution < -0.4 is 5.32 Å². The molecule has 1 aromatic rings. The summed E-state index contributed by atoms with van der Waals surface area (Å²) in [5.74, 6) is 0.524. The van der Waals surface area contributed by atoms with Crippen LogP contribution in [-0.4, -0.2) is 24.0 Å². The van der Waals surface area contributed by atoms with Gasteiger partial charge >= 0.3 is 6.09 Å². The number of rotatable bonds is 4. The molecule has 1 aliphatic carbocycles. The van der Waals surface area contributed by atoms with Crippen LogP contribution in [0.4, 0.5) is 4.79 Å². The van der Waals surface area contributed by atoms with E-state index in [2.05, 4.69) is 28.7 Å². The molecule has 1 saturated carbocycles. The fourth-order valence-corrected chi connectivity index (χ4v) is 2.78. The Kier molecular flexibility index (Phi) is 6.20. The summed E-state index contributed by atoms with van der Waals surface area (Å²) in [5, 5.41) is 2.97. The maximum absolute atomic E-state index is 11.8. The third-order valence-corrected chi connectivity index (χ3v) is 3.93. The molecule has 0 atom stereocenters. The molecule has 0 unspecified atom stereocenters. The second-order valence-electron chi connectivity index (χ2n) is 7.23. The van der Waals surface area contributed by atoms with Gasteiger partial charge in [0, 0.05) is 12.3 Å². The molecule has 1 amide bonds. The molecule has 0 spiro atoms. The molecule has 126 valence electrons. The summed E-state index contributed by atoms with van der Waals surface area (Å²) >= 11 is 0. The highest BCUT2D eigenvalue weighted by Gasteiger charge is 2.23. The minimum absolute atomic E-state index is 0.226. The van der Waals surface area contributed by atoms with Crippen molar-refractivity contribution in [2.45, 2.75) is 64.6 Å². The topological polar surface area (TPSA) is 50.7 Å². The Morgan fingerprint density at radius 2 is 1.87 bits per heavy atom.